The SMILES string of the molecule is O=C(NC[C@@H]1CCCN1c1nccs1)C1CCC1. The molecule has 2 fully saturated rings. The Bertz CT molecular complexity index is 402. The summed E-state index contributed by atoms with van der Waals surface area (Å²) >= 11 is 1.68. The lowest BCUT2D eigenvalue weighted by atomic mass is 9.85. The van der Waals surface area contributed by atoms with Gasteiger partial charge in [-0.15, -0.1) is 11.3 Å². The summed E-state index contributed by atoms with van der Waals surface area (Å²) in [7, 11) is 0. The maximum Gasteiger partial charge on any atom is 0.223 e. The molecule has 2 aliphatic rings. The second-order valence-corrected chi connectivity index (χ2v) is 6.05. The van der Waals surface area contributed by atoms with Crippen LogP contribution in [0.15, 0.2) is 11.6 Å². The van der Waals surface area contributed by atoms with Crippen molar-refractivity contribution in [2.24, 2.45) is 5.92 Å². The third-order valence-corrected chi connectivity index (χ3v) is 4.84. The molecular formula is C13H19N3OS. The highest BCUT2D eigenvalue weighted by Crippen LogP contribution is 2.28. The number of carbonyl (C=O) groups excluding carboxylic acids is 1. The topological polar surface area (TPSA) is 45.2 Å². The number of hydrogen-bond donors (Lipinski definition) is 1. The third-order valence-electron chi connectivity index (χ3n) is 4.03. The van der Waals surface area contributed by atoms with Crippen molar-refractivity contribution in [1.82, 2.24) is 10.3 Å². The van der Waals surface area contributed by atoms with Crippen LogP contribution >= 0.6 is 11.3 Å². The molecule has 1 aliphatic heterocycles. The zero-order chi connectivity index (χ0) is 12.4. The van der Waals surface area contributed by atoms with Crippen molar-refractivity contribution in [3.63, 3.8) is 0 Å². The molecule has 1 saturated carbocycles. The van der Waals surface area contributed by atoms with Crippen LogP contribution < -0.4 is 10.2 Å². The zero-order valence-electron chi connectivity index (χ0n) is 10.5. The molecule has 1 atom stereocenters. The van der Waals surface area contributed by atoms with Gasteiger partial charge < -0.3 is 10.2 Å². The van der Waals surface area contributed by atoms with Crippen LogP contribution in [0.2, 0.25) is 0 Å². The van der Waals surface area contributed by atoms with Crippen molar-refractivity contribution in [2.45, 2.75) is 38.1 Å². The number of amides is 1. The summed E-state index contributed by atoms with van der Waals surface area (Å²) in [6, 6.07) is 0.431. The number of thiazole rings is 1. The summed E-state index contributed by atoms with van der Waals surface area (Å²) in [4.78, 5) is 18.5. The molecule has 1 saturated heterocycles. The van der Waals surface area contributed by atoms with Gasteiger partial charge in [-0.25, -0.2) is 4.98 Å². The fraction of sp³-hybridized carbons (Fsp3) is 0.692. The van der Waals surface area contributed by atoms with Crippen LogP contribution in [0.4, 0.5) is 5.13 Å². The molecule has 1 N–H and O–H groups in total. The van der Waals surface area contributed by atoms with Crippen molar-refractivity contribution >= 4 is 22.4 Å². The van der Waals surface area contributed by atoms with E-state index in [1.165, 1.54) is 12.8 Å². The van der Waals surface area contributed by atoms with Gasteiger partial charge in [-0.2, -0.15) is 0 Å². The molecule has 0 radical (unpaired) electrons. The largest absolute Gasteiger partial charge is 0.354 e. The number of nitrogens with one attached hydrogen (secondary N) is 1. The van der Waals surface area contributed by atoms with Gasteiger partial charge in [-0.3, -0.25) is 4.79 Å². The Kier molecular flexibility index (Phi) is 3.50. The van der Waals surface area contributed by atoms with Gasteiger partial charge in [-0.1, -0.05) is 6.42 Å². The fourth-order valence-corrected chi connectivity index (χ4v) is 3.43. The van der Waals surface area contributed by atoms with Gasteiger partial charge in [0.2, 0.25) is 5.91 Å². The summed E-state index contributed by atoms with van der Waals surface area (Å²) in [5, 5.41) is 6.22. The second kappa shape index (κ2) is 5.26. The maximum atomic E-state index is 11.8. The Hall–Kier alpha value is -1.10. The summed E-state index contributed by atoms with van der Waals surface area (Å²) in [5.74, 6) is 0.548. The Balaban J connectivity index is 1.53. The van der Waals surface area contributed by atoms with Gasteiger partial charge in [0.15, 0.2) is 5.13 Å². The highest BCUT2D eigenvalue weighted by atomic mass is 32.1. The first-order chi connectivity index (χ1) is 8.84. The van der Waals surface area contributed by atoms with E-state index in [2.05, 4.69) is 15.2 Å². The van der Waals surface area contributed by atoms with Crippen molar-refractivity contribution in [3.8, 4) is 0 Å². The van der Waals surface area contributed by atoms with Crippen LogP contribution in [0.25, 0.3) is 0 Å². The minimum Gasteiger partial charge on any atom is -0.354 e. The molecule has 5 heteroatoms. The molecule has 0 spiro atoms. The maximum absolute atomic E-state index is 11.8. The highest BCUT2D eigenvalue weighted by molar-refractivity contribution is 7.13. The van der Waals surface area contributed by atoms with Crippen LogP contribution in [-0.2, 0) is 4.79 Å². The Labute approximate surface area is 111 Å². The standard InChI is InChI=1S/C13H19N3OS/c17-12(10-3-1-4-10)15-9-11-5-2-7-16(11)13-14-6-8-18-13/h6,8,10-11H,1-5,7,9H2,(H,15,17)/t11-/m0/s1. The molecule has 98 valence electrons. The quantitative estimate of drug-likeness (QED) is 0.906. The van der Waals surface area contributed by atoms with Crippen LogP contribution in [-0.4, -0.2) is 30.0 Å². The minimum atomic E-state index is 0.257. The van der Waals surface area contributed by atoms with Crippen LogP contribution in [0.3, 0.4) is 0 Å². The van der Waals surface area contributed by atoms with E-state index >= 15 is 0 Å². The van der Waals surface area contributed by atoms with Gasteiger partial charge in [-0.05, 0) is 25.7 Å². The lowest BCUT2D eigenvalue weighted by Gasteiger charge is -2.27. The molecule has 1 aromatic heterocycles. The molecule has 1 amide bonds. The monoisotopic (exact) mass is 265 g/mol. The van der Waals surface area contributed by atoms with Crippen LogP contribution in [0, 0.1) is 5.92 Å². The fourth-order valence-electron chi connectivity index (χ4n) is 2.69. The van der Waals surface area contributed by atoms with Gasteiger partial charge in [0, 0.05) is 36.6 Å². The van der Waals surface area contributed by atoms with Crippen LogP contribution in [0.1, 0.15) is 32.1 Å². The number of aromatic nitrogens is 1. The lowest BCUT2D eigenvalue weighted by molar-refractivity contribution is -0.127. The van der Waals surface area contributed by atoms with E-state index in [0.717, 1.165) is 37.5 Å². The molecule has 4 nitrogen and oxygen atoms in total. The second-order valence-electron chi connectivity index (χ2n) is 5.18. The van der Waals surface area contributed by atoms with E-state index in [9.17, 15) is 4.79 Å². The predicted octanol–water partition coefficient (Wildman–Crippen LogP) is 2.03. The summed E-state index contributed by atoms with van der Waals surface area (Å²) < 4.78 is 0. The third kappa shape index (κ3) is 2.36. The van der Waals surface area contributed by atoms with Gasteiger partial charge in [0.25, 0.3) is 0 Å². The molecule has 2 heterocycles. The molecule has 0 bridgehead atoms. The number of rotatable bonds is 4. The summed E-state index contributed by atoms with van der Waals surface area (Å²) in [5.41, 5.74) is 0. The van der Waals surface area contributed by atoms with Crippen molar-refractivity contribution in [3.05, 3.63) is 11.6 Å². The number of anilines is 1. The van der Waals surface area contributed by atoms with Crippen molar-refractivity contribution in [1.29, 1.82) is 0 Å². The van der Waals surface area contributed by atoms with E-state index in [0.29, 0.717) is 12.0 Å². The number of nitrogens with zero attached hydrogens (tertiary/aromatic N) is 2. The van der Waals surface area contributed by atoms with Crippen molar-refractivity contribution < 1.29 is 4.79 Å². The van der Waals surface area contributed by atoms with E-state index < -0.39 is 0 Å². The average Bonchev–Trinajstić information content (AvgIpc) is 2.94. The van der Waals surface area contributed by atoms with Gasteiger partial charge >= 0.3 is 0 Å². The molecule has 0 unspecified atom stereocenters. The molecule has 3 rings (SSSR count). The Morgan fingerprint density at radius 2 is 2.33 bits per heavy atom. The molecule has 1 aromatic rings. The smallest absolute Gasteiger partial charge is 0.223 e. The number of carbonyl (C=O) groups is 1. The first-order valence-electron chi connectivity index (χ1n) is 6.78. The molecular weight excluding hydrogens is 246 g/mol. The zero-order valence-corrected chi connectivity index (χ0v) is 11.3. The van der Waals surface area contributed by atoms with Crippen molar-refractivity contribution in [2.75, 3.05) is 18.0 Å². The predicted molar refractivity (Wildman–Crippen MR) is 72.8 cm³/mol. The van der Waals surface area contributed by atoms with Gasteiger partial charge in [0.1, 0.15) is 0 Å². The van der Waals surface area contributed by atoms with Gasteiger partial charge in [0.05, 0.1) is 0 Å². The Morgan fingerprint density at radius 3 is 3.00 bits per heavy atom. The minimum absolute atomic E-state index is 0.257. The van der Waals surface area contributed by atoms with Crippen LogP contribution in [0.5, 0.6) is 0 Å². The summed E-state index contributed by atoms with van der Waals surface area (Å²) in [6.45, 7) is 1.84. The van der Waals surface area contributed by atoms with E-state index in [-0.39, 0.29) is 5.91 Å². The lowest BCUT2D eigenvalue weighted by Crippen LogP contribution is -2.43. The Morgan fingerprint density at radius 1 is 1.44 bits per heavy atom. The normalized spacial score (nSPS) is 24.0. The first kappa shape index (κ1) is 12.0. The van der Waals surface area contributed by atoms with E-state index in [1.54, 1.807) is 11.3 Å². The molecule has 0 aromatic carbocycles. The highest BCUT2D eigenvalue weighted by Gasteiger charge is 2.29. The molecule has 18 heavy (non-hydrogen) atoms. The summed E-state index contributed by atoms with van der Waals surface area (Å²) in [6.07, 6.45) is 7.57. The average molecular weight is 265 g/mol. The number of hydrogen-bond acceptors (Lipinski definition) is 4. The van der Waals surface area contributed by atoms with E-state index in [4.69, 9.17) is 0 Å². The molecule has 1 aliphatic carbocycles. The van der Waals surface area contributed by atoms with E-state index in [1.807, 2.05) is 11.6 Å². The first-order valence-corrected chi connectivity index (χ1v) is 7.66.